The normalized spacial score (nSPS) is 28.6. The van der Waals surface area contributed by atoms with Gasteiger partial charge in [-0.2, -0.15) is 5.26 Å². The van der Waals surface area contributed by atoms with Gasteiger partial charge in [0.2, 0.25) is 11.8 Å². The number of hydrogen-bond acceptors (Lipinski definition) is 5. The number of nitrogens with one attached hydrogen (secondary N) is 1. The van der Waals surface area contributed by atoms with Crippen LogP contribution < -0.4 is 5.32 Å². The van der Waals surface area contributed by atoms with E-state index >= 15 is 0 Å². The van der Waals surface area contributed by atoms with E-state index in [0.29, 0.717) is 22.7 Å². The Morgan fingerprint density at radius 2 is 2.26 bits per heavy atom. The Morgan fingerprint density at radius 1 is 1.43 bits per heavy atom. The maximum absolute atomic E-state index is 12.7. The SMILES string of the molecule is C[C@@]12CCC(=O)N1[C@H](C(=O)Nc1sc3c(c1C#N)CCC3)CS2. The Morgan fingerprint density at radius 3 is 3.04 bits per heavy atom. The van der Waals surface area contributed by atoms with Crippen molar-refractivity contribution in [2.24, 2.45) is 0 Å². The van der Waals surface area contributed by atoms with Gasteiger partial charge in [-0.05, 0) is 38.2 Å². The molecule has 2 atom stereocenters. The van der Waals surface area contributed by atoms with E-state index in [9.17, 15) is 14.9 Å². The minimum absolute atomic E-state index is 0.0619. The number of carbonyl (C=O) groups excluding carboxylic acids is 2. The molecule has 23 heavy (non-hydrogen) atoms. The summed E-state index contributed by atoms with van der Waals surface area (Å²) >= 11 is 3.20. The van der Waals surface area contributed by atoms with Gasteiger partial charge in [0.25, 0.3) is 0 Å². The molecule has 120 valence electrons. The van der Waals surface area contributed by atoms with Crippen molar-refractivity contribution in [3.8, 4) is 6.07 Å². The smallest absolute Gasteiger partial charge is 0.248 e. The summed E-state index contributed by atoms with van der Waals surface area (Å²) in [6.45, 7) is 2.04. The van der Waals surface area contributed by atoms with Crippen LogP contribution in [0.15, 0.2) is 0 Å². The molecular formula is C16H17N3O2S2. The first-order valence-corrected chi connectivity index (χ1v) is 9.65. The monoisotopic (exact) mass is 347 g/mol. The number of thiophene rings is 1. The molecule has 2 aliphatic heterocycles. The van der Waals surface area contributed by atoms with Crippen molar-refractivity contribution in [3.63, 3.8) is 0 Å². The first-order chi connectivity index (χ1) is 11.0. The van der Waals surface area contributed by atoms with E-state index in [0.717, 1.165) is 31.2 Å². The third-order valence-corrected chi connectivity index (χ3v) is 7.73. The minimum Gasteiger partial charge on any atom is -0.315 e. The predicted molar refractivity (Wildman–Crippen MR) is 90.4 cm³/mol. The minimum atomic E-state index is -0.427. The number of rotatable bonds is 2. The summed E-state index contributed by atoms with van der Waals surface area (Å²) < 4.78 is 0. The second-order valence-corrected chi connectivity index (χ2v) is 9.03. The van der Waals surface area contributed by atoms with Crippen LogP contribution >= 0.6 is 23.1 Å². The third-order valence-electron chi connectivity index (χ3n) is 5.02. The first-order valence-electron chi connectivity index (χ1n) is 7.85. The van der Waals surface area contributed by atoms with Gasteiger partial charge in [0.1, 0.15) is 17.1 Å². The number of nitriles is 1. The summed E-state index contributed by atoms with van der Waals surface area (Å²) in [6.07, 6.45) is 4.32. The van der Waals surface area contributed by atoms with E-state index in [-0.39, 0.29) is 16.7 Å². The van der Waals surface area contributed by atoms with Crippen LogP contribution in [0, 0.1) is 11.3 Å². The van der Waals surface area contributed by atoms with Crippen LogP contribution in [0.3, 0.4) is 0 Å². The standard InChI is InChI=1S/C16H17N3O2S2/c1-16-6-5-13(20)19(16)11(8-22-16)14(21)18-15-10(7-17)9-3-2-4-12(9)23-15/h11H,2-6,8H2,1H3,(H,18,21)/t11-,16+/m0/s1. The van der Waals surface area contributed by atoms with Crippen molar-refractivity contribution in [2.75, 3.05) is 11.1 Å². The molecule has 0 aromatic carbocycles. The van der Waals surface area contributed by atoms with Crippen LogP contribution in [0.2, 0.25) is 0 Å². The van der Waals surface area contributed by atoms with E-state index in [4.69, 9.17) is 0 Å². The van der Waals surface area contributed by atoms with Gasteiger partial charge in [0.15, 0.2) is 0 Å². The second-order valence-electron chi connectivity index (χ2n) is 6.43. The average molecular weight is 347 g/mol. The van der Waals surface area contributed by atoms with Crippen molar-refractivity contribution >= 4 is 39.9 Å². The molecule has 3 aliphatic rings. The topological polar surface area (TPSA) is 73.2 Å². The lowest BCUT2D eigenvalue weighted by Gasteiger charge is -2.29. The van der Waals surface area contributed by atoms with E-state index in [1.54, 1.807) is 16.7 Å². The molecule has 0 bridgehead atoms. The predicted octanol–water partition coefficient (Wildman–Crippen LogP) is 2.50. The Bertz CT molecular complexity index is 751. The number of hydrogen-bond donors (Lipinski definition) is 1. The maximum atomic E-state index is 12.7. The Kier molecular flexibility index (Phi) is 3.43. The molecule has 0 unspecified atom stereocenters. The molecule has 0 radical (unpaired) electrons. The molecule has 2 amide bonds. The third kappa shape index (κ3) is 2.19. The fourth-order valence-corrected chi connectivity index (χ4v) is 6.50. The molecule has 0 spiro atoms. The maximum Gasteiger partial charge on any atom is 0.248 e. The number of nitrogens with zero attached hydrogens (tertiary/aromatic N) is 2. The Hall–Kier alpha value is -1.52. The highest BCUT2D eigenvalue weighted by Gasteiger charge is 2.53. The molecule has 5 nitrogen and oxygen atoms in total. The Balaban J connectivity index is 1.58. The van der Waals surface area contributed by atoms with Gasteiger partial charge in [0.05, 0.1) is 10.4 Å². The molecule has 1 aromatic rings. The van der Waals surface area contributed by atoms with Gasteiger partial charge in [-0.1, -0.05) is 0 Å². The number of thioether (sulfide) groups is 1. The zero-order valence-electron chi connectivity index (χ0n) is 12.8. The first kappa shape index (κ1) is 15.0. The molecular weight excluding hydrogens is 330 g/mol. The molecule has 2 saturated heterocycles. The van der Waals surface area contributed by atoms with Crippen molar-refractivity contribution in [2.45, 2.75) is 49.9 Å². The van der Waals surface area contributed by atoms with Gasteiger partial charge < -0.3 is 10.2 Å². The number of carbonyl (C=O) groups is 2. The number of anilines is 1. The molecule has 4 rings (SSSR count). The van der Waals surface area contributed by atoms with Gasteiger partial charge >= 0.3 is 0 Å². The molecule has 1 N–H and O–H groups in total. The highest BCUT2D eigenvalue weighted by Crippen LogP contribution is 2.47. The molecule has 1 aromatic heterocycles. The van der Waals surface area contributed by atoms with E-state index in [1.165, 1.54) is 16.2 Å². The summed E-state index contributed by atoms with van der Waals surface area (Å²) in [5.74, 6) is 0.529. The summed E-state index contributed by atoms with van der Waals surface area (Å²) in [4.78, 5) is 27.6. The van der Waals surface area contributed by atoms with E-state index in [1.807, 2.05) is 6.92 Å². The highest BCUT2D eigenvalue weighted by molar-refractivity contribution is 8.01. The number of amides is 2. The van der Waals surface area contributed by atoms with Crippen molar-refractivity contribution in [1.82, 2.24) is 4.90 Å². The lowest BCUT2D eigenvalue weighted by molar-refractivity contribution is -0.135. The van der Waals surface area contributed by atoms with Crippen molar-refractivity contribution in [3.05, 3.63) is 16.0 Å². The summed E-state index contributed by atoms with van der Waals surface area (Å²) in [6, 6.07) is 1.82. The molecule has 3 heterocycles. The summed E-state index contributed by atoms with van der Waals surface area (Å²) in [7, 11) is 0. The van der Waals surface area contributed by atoms with Crippen molar-refractivity contribution < 1.29 is 9.59 Å². The van der Waals surface area contributed by atoms with Crippen LogP contribution in [0.5, 0.6) is 0 Å². The summed E-state index contributed by atoms with van der Waals surface area (Å²) in [5.41, 5.74) is 1.73. The van der Waals surface area contributed by atoms with Crippen LogP contribution in [-0.4, -0.2) is 33.4 Å². The molecule has 0 saturated carbocycles. The van der Waals surface area contributed by atoms with Crippen LogP contribution in [0.1, 0.15) is 42.2 Å². The zero-order chi connectivity index (χ0) is 16.2. The zero-order valence-corrected chi connectivity index (χ0v) is 14.5. The lowest BCUT2D eigenvalue weighted by Crippen LogP contribution is -2.48. The fourth-order valence-electron chi connectivity index (χ4n) is 3.82. The molecule has 7 heteroatoms. The molecule has 2 fully saturated rings. The van der Waals surface area contributed by atoms with Crippen LogP contribution in [-0.2, 0) is 22.4 Å². The number of fused-ring (bicyclic) bond motifs is 2. The van der Waals surface area contributed by atoms with Crippen LogP contribution in [0.25, 0.3) is 0 Å². The fraction of sp³-hybridized carbons (Fsp3) is 0.562. The van der Waals surface area contributed by atoms with Gasteiger partial charge in [-0.3, -0.25) is 9.59 Å². The van der Waals surface area contributed by atoms with Crippen molar-refractivity contribution in [1.29, 1.82) is 5.26 Å². The quantitative estimate of drug-likeness (QED) is 0.892. The highest BCUT2D eigenvalue weighted by atomic mass is 32.2. The largest absolute Gasteiger partial charge is 0.315 e. The number of aryl methyl sites for hydroxylation is 1. The summed E-state index contributed by atoms with van der Waals surface area (Å²) in [5, 5.41) is 13.0. The average Bonchev–Trinajstić information content (AvgIpc) is 3.21. The van der Waals surface area contributed by atoms with Gasteiger partial charge in [-0.15, -0.1) is 23.1 Å². The van der Waals surface area contributed by atoms with Gasteiger partial charge in [0, 0.05) is 17.1 Å². The van der Waals surface area contributed by atoms with Gasteiger partial charge in [-0.25, -0.2) is 0 Å². The van der Waals surface area contributed by atoms with E-state index in [2.05, 4.69) is 11.4 Å². The van der Waals surface area contributed by atoms with Crippen LogP contribution in [0.4, 0.5) is 5.00 Å². The Labute approximate surface area is 143 Å². The lowest BCUT2D eigenvalue weighted by atomic mass is 10.1. The molecule has 1 aliphatic carbocycles. The van der Waals surface area contributed by atoms with E-state index < -0.39 is 6.04 Å². The second kappa shape index (κ2) is 5.25.